The summed E-state index contributed by atoms with van der Waals surface area (Å²) in [5, 5.41) is 3.53. The zero-order valence-electron chi connectivity index (χ0n) is 12.5. The van der Waals surface area contributed by atoms with Gasteiger partial charge in [0, 0.05) is 31.6 Å². The Bertz CT molecular complexity index is 344. The molecule has 1 N–H and O–H groups in total. The van der Waals surface area contributed by atoms with Gasteiger partial charge in [0.2, 0.25) is 0 Å². The lowest BCUT2D eigenvalue weighted by atomic mass is 10.1. The quantitative estimate of drug-likeness (QED) is 0.768. The topological polar surface area (TPSA) is 26.2 Å². The summed E-state index contributed by atoms with van der Waals surface area (Å²) in [5.41, 5.74) is 1.30. The Morgan fingerprint density at radius 3 is 2.78 bits per heavy atom. The van der Waals surface area contributed by atoms with Gasteiger partial charge in [0.25, 0.3) is 0 Å². The van der Waals surface area contributed by atoms with Gasteiger partial charge >= 0.3 is 0 Å². The molecular weight excluding hydrogens is 224 g/mol. The average Bonchev–Trinajstić information content (AvgIpc) is 2.82. The summed E-state index contributed by atoms with van der Waals surface area (Å²) in [7, 11) is 1.78. The van der Waals surface area contributed by atoms with E-state index < -0.39 is 0 Å². The van der Waals surface area contributed by atoms with Crippen molar-refractivity contribution in [3.63, 3.8) is 0 Å². The van der Waals surface area contributed by atoms with Crippen molar-refractivity contribution in [1.29, 1.82) is 0 Å². The maximum atomic E-state index is 5.47. The summed E-state index contributed by atoms with van der Waals surface area (Å²) < 4.78 is 7.80. The molecule has 0 spiro atoms. The molecule has 1 rings (SSSR count). The third kappa shape index (κ3) is 4.46. The number of rotatable bonds is 8. The Morgan fingerprint density at radius 1 is 1.44 bits per heavy atom. The van der Waals surface area contributed by atoms with Gasteiger partial charge in [-0.15, -0.1) is 0 Å². The van der Waals surface area contributed by atoms with Crippen molar-refractivity contribution in [1.82, 2.24) is 9.88 Å². The van der Waals surface area contributed by atoms with E-state index in [0.29, 0.717) is 6.04 Å². The number of ether oxygens (including phenoxy) is 1. The molecule has 0 aliphatic heterocycles. The average molecular weight is 252 g/mol. The normalized spacial score (nSPS) is 13.8. The van der Waals surface area contributed by atoms with Gasteiger partial charge in [-0.1, -0.05) is 6.92 Å². The van der Waals surface area contributed by atoms with Crippen LogP contribution >= 0.6 is 0 Å². The fraction of sp³-hybridized carbons (Fsp3) is 0.733. The van der Waals surface area contributed by atoms with Crippen LogP contribution in [0.25, 0.3) is 0 Å². The van der Waals surface area contributed by atoms with Crippen LogP contribution in [0.2, 0.25) is 0 Å². The van der Waals surface area contributed by atoms with Crippen molar-refractivity contribution in [2.75, 3.05) is 13.7 Å². The molecule has 0 saturated carbocycles. The molecule has 0 radical (unpaired) electrons. The second kappa shape index (κ2) is 6.95. The number of nitrogens with one attached hydrogen (secondary N) is 1. The monoisotopic (exact) mass is 252 g/mol. The molecule has 1 heterocycles. The third-order valence-electron chi connectivity index (χ3n) is 3.52. The van der Waals surface area contributed by atoms with E-state index in [1.807, 2.05) is 0 Å². The molecule has 0 amide bonds. The van der Waals surface area contributed by atoms with Gasteiger partial charge < -0.3 is 14.6 Å². The van der Waals surface area contributed by atoms with Crippen molar-refractivity contribution >= 4 is 0 Å². The van der Waals surface area contributed by atoms with Crippen molar-refractivity contribution in [3.8, 4) is 0 Å². The highest BCUT2D eigenvalue weighted by molar-refractivity contribution is 5.11. The Kier molecular flexibility index (Phi) is 5.89. The molecule has 0 fully saturated rings. The first-order valence-corrected chi connectivity index (χ1v) is 6.93. The molecule has 0 aliphatic rings. The summed E-state index contributed by atoms with van der Waals surface area (Å²) in [6, 6.07) is 4.73. The largest absolute Gasteiger partial charge is 0.379 e. The molecule has 3 heteroatoms. The van der Waals surface area contributed by atoms with Crippen LogP contribution in [-0.2, 0) is 11.3 Å². The molecule has 0 aromatic carbocycles. The lowest BCUT2D eigenvalue weighted by Crippen LogP contribution is -2.26. The number of aryl methyl sites for hydroxylation is 1. The van der Waals surface area contributed by atoms with Crippen LogP contribution in [0.15, 0.2) is 18.3 Å². The highest BCUT2D eigenvalue weighted by Crippen LogP contribution is 2.18. The number of nitrogens with zero attached hydrogens (tertiary/aromatic N) is 1. The summed E-state index contributed by atoms with van der Waals surface area (Å²) >= 11 is 0. The molecule has 1 aromatic rings. The highest BCUT2D eigenvalue weighted by atomic mass is 16.5. The van der Waals surface area contributed by atoms with E-state index in [1.165, 1.54) is 12.1 Å². The number of hydrogen-bond donors (Lipinski definition) is 1. The summed E-state index contributed by atoms with van der Waals surface area (Å²) in [6.45, 7) is 10.8. The van der Waals surface area contributed by atoms with Crippen LogP contribution < -0.4 is 5.32 Å². The van der Waals surface area contributed by atoms with E-state index >= 15 is 0 Å². The highest BCUT2D eigenvalue weighted by Gasteiger charge is 2.17. The maximum absolute atomic E-state index is 5.47. The summed E-state index contributed by atoms with van der Waals surface area (Å²) in [6.07, 6.45) is 4.35. The first-order valence-electron chi connectivity index (χ1n) is 6.93. The van der Waals surface area contributed by atoms with Gasteiger partial charge in [-0.05, 0) is 52.3 Å². The van der Waals surface area contributed by atoms with Gasteiger partial charge in [-0.2, -0.15) is 0 Å². The van der Waals surface area contributed by atoms with E-state index in [2.05, 4.69) is 55.9 Å². The van der Waals surface area contributed by atoms with Gasteiger partial charge in [0.15, 0.2) is 0 Å². The molecule has 1 aromatic heterocycles. The molecule has 1 unspecified atom stereocenters. The van der Waals surface area contributed by atoms with Crippen molar-refractivity contribution in [3.05, 3.63) is 24.0 Å². The first-order chi connectivity index (χ1) is 8.50. The lowest BCUT2D eigenvalue weighted by molar-refractivity contribution is 0.0118. The standard InChI is InChI=1S/C15H28N2O/c1-6-10-16-13(2)14-8-7-11-17(14)12-9-15(3,4)18-5/h7-8,11,13,16H,6,9-10,12H2,1-5H3. The van der Waals surface area contributed by atoms with Gasteiger partial charge in [-0.3, -0.25) is 0 Å². The lowest BCUT2D eigenvalue weighted by Gasteiger charge is -2.24. The van der Waals surface area contributed by atoms with E-state index in [1.54, 1.807) is 7.11 Å². The van der Waals surface area contributed by atoms with Gasteiger partial charge in [0.05, 0.1) is 5.60 Å². The molecule has 0 aliphatic carbocycles. The number of methoxy groups -OCH3 is 1. The van der Waals surface area contributed by atoms with Crippen LogP contribution in [0.3, 0.4) is 0 Å². The van der Waals surface area contributed by atoms with E-state index in [9.17, 15) is 0 Å². The van der Waals surface area contributed by atoms with Crippen molar-refractivity contribution in [2.24, 2.45) is 0 Å². The van der Waals surface area contributed by atoms with Crippen molar-refractivity contribution < 1.29 is 4.74 Å². The number of aromatic nitrogens is 1. The fourth-order valence-corrected chi connectivity index (χ4v) is 1.98. The zero-order valence-corrected chi connectivity index (χ0v) is 12.5. The van der Waals surface area contributed by atoms with Crippen LogP contribution in [0.4, 0.5) is 0 Å². The van der Waals surface area contributed by atoms with E-state index in [-0.39, 0.29) is 5.60 Å². The second-order valence-electron chi connectivity index (χ2n) is 5.52. The molecule has 18 heavy (non-hydrogen) atoms. The minimum absolute atomic E-state index is 0.0539. The Hall–Kier alpha value is -0.800. The zero-order chi connectivity index (χ0) is 13.6. The first kappa shape index (κ1) is 15.3. The van der Waals surface area contributed by atoms with Crippen LogP contribution in [0.5, 0.6) is 0 Å². The molecule has 0 bridgehead atoms. The van der Waals surface area contributed by atoms with Gasteiger partial charge in [-0.25, -0.2) is 0 Å². The SMILES string of the molecule is CCCNC(C)c1cccn1CCC(C)(C)OC. The van der Waals surface area contributed by atoms with E-state index in [0.717, 1.165) is 19.5 Å². The summed E-state index contributed by atoms with van der Waals surface area (Å²) in [5.74, 6) is 0. The van der Waals surface area contributed by atoms with Crippen molar-refractivity contribution in [2.45, 2.75) is 58.7 Å². The predicted octanol–water partition coefficient (Wildman–Crippen LogP) is 3.36. The van der Waals surface area contributed by atoms with Crippen LogP contribution in [0, 0.1) is 0 Å². The predicted molar refractivity (Wildman–Crippen MR) is 76.8 cm³/mol. The molecule has 0 saturated heterocycles. The third-order valence-corrected chi connectivity index (χ3v) is 3.52. The second-order valence-corrected chi connectivity index (χ2v) is 5.52. The van der Waals surface area contributed by atoms with Crippen LogP contribution in [-0.4, -0.2) is 23.8 Å². The Morgan fingerprint density at radius 2 is 2.17 bits per heavy atom. The molecule has 104 valence electrons. The molecule has 1 atom stereocenters. The minimum Gasteiger partial charge on any atom is -0.379 e. The van der Waals surface area contributed by atoms with Gasteiger partial charge in [0.1, 0.15) is 0 Å². The Balaban J connectivity index is 2.59. The smallest absolute Gasteiger partial charge is 0.0639 e. The Labute approximate surface area is 112 Å². The van der Waals surface area contributed by atoms with Crippen LogP contribution in [0.1, 0.15) is 52.3 Å². The number of hydrogen-bond acceptors (Lipinski definition) is 2. The van der Waals surface area contributed by atoms with E-state index in [4.69, 9.17) is 4.74 Å². The molecule has 3 nitrogen and oxygen atoms in total. The minimum atomic E-state index is -0.0539. The maximum Gasteiger partial charge on any atom is 0.0639 e. The molecular formula is C15H28N2O. The fourth-order valence-electron chi connectivity index (χ4n) is 1.98. The summed E-state index contributed by atoms with van der Waals surface area (Å²) in [4.78, 5) is 0.